The van der Waals surface area contributed by atoms with Crippen LogP contribution in [-0.4, -0.2) is 13.0 Å². The van der Waals surface area contributed by atoms with Gasteiger partial charge in [-0.15, -0.1) is 0 Å². The molecule has 20 heavy (non-hydrogen) atoms. The average molecular weight is 295 g/mol. The van der Waals surface area contributed by atoms with Crippen molar-refractivity contribution in [3.8, 4) is 11.8 Å². The SMILES string of the molecule is CCC(C#N)(CC)C(=O)NCc1c(Cl)cccc1OC. The number of nitrogens with zero attached hydrogens (tertiary/aromatic N) is 1. The standard InChI is InChI=1S/C15H19ClN2O2/c1-4-15(5-2,10-17)14(19)18-9-11-12(16)7-6-8-13(11)20-3/h6-8H,4-5,9H2,1-3H3,(H,18,19). The molecule has 1 amide bonds. The zero-order valence-corrected chi connectivity index (χ0v) is 12.8. The molecule has 1 aromatic rings. The van der Waals surface area contributed by atoms with Gasteiger partial charge in [-0.05, 0) is 25.0 Å². The minimum Gasteiger partial charge on any atom is -0.496 e. The molecule has 0 saturated carbocycles. The summed E-state index contributed by atoms with van der Waals surface area (Å²) in [6.07, 6.45) is 0.955. The van der Waals surface area contributed by atoms with Gasteiger partial charge < -0.3 is 10.1 Å². The van der Waals surface area contributed by atoms with Crippen LogP contribution in [-0.2, 0) is 11.3 Å². The minimum absolute atomic E-state index is 0.241. The highest BCUT2D eigenvalue weighted by Crippen LogP contribution is 2.28. The zero-order chi connectivity index (χ0) is 15.2. The maximum Gasteiger partial charge on any atom is 0.240 e. The minimum atomic E-state index is -0.978. The number of halogens is 1. The van der Waals surface area contributed by atoms with Gasteiger partial charge in [0.05, 0.1) is 13.2 Å². The molecule has 1 aromatic carbocycles. The first-order valence-corrected chi connectivity index (χ1v) is 6.93. The van der Waals surface area contributed by atoms with Crippen LogP contribution in [0.25, 0.3) is 0 Å². The number of hydrogen-bond acceptors (Lipinski definition) is 3. The maximum absolute atomic E-state index is 12.2. The summed E-state index contributed by atoms with van der Waals surface area (Å²) in [5.74, 6) is 0.348. The number of methoxy groups -OCH3 is 1. The highest BCUT2D eigenvalue weighted by molar-refractivity contribution is 6.31. The average Bonchev–Trinajstić information content (AvgIpc) is 2.48. The zero-order valence-electron chi connectivity index (χ0n) is 12.0. The number of nitriles is 1. The molecule has 0 saturated heterocycles. The van der Waals surface area contributed by atoms with E-state index in [4.69, 9.17) is 16.3 Å². The van der Waals surface area contributed by atoms with Crippen LogP contribution in [0.3, 0.4) is 0 Å². The van der Waals surface area contributed by atoms with Gasteiger partial charge in [-0.3, -0.25) is 4.79 Å². The van der Waals surface area contributed by atoms with Crippen LogP contribution in [0.1, 0.15) is 32.3 Å². The lowest BCUT2D eigenvalue weighted by atomic mass is 9.83. The Balaban J connectivity index is 2.88. The second-order valence-corrected chi connectivity index (χ2v) is 4.91. The summed E-state index contributed by atoms with van der Waals surface area (Å²) in [4.78, 5) is 12.2. The van der Waals surface area contributed by atoms with Gasteiger partial charge in [0.1, 0.15) is 11.2 Å². The van der Waals surface area contributed by atoms with Crippen molar-refractivity contribution in [1.29, 1.82) is 5.26 Å². The van der Waals surface area contributed by atoms with E-state index in [1.165, 1.54) is 0 Å². The molecular formula is C15H19ClN2O2. The summed E-state index contributed by atoms with van der Waals surface area (Å²) in [6.45, 7) is 3.91. The monoisotopic (exact) mass is 294 g/mol. The topological polar surface area (TPSA) is 62.1 Å². The summed E-state index contributed by atoms with van der Waals surface area (Å²) in [5.41, 5.74) is -0.266. The van der Waals surface area contributed by atoms with Crippen molar-refractivity contribution >= 4 is 17.5 Å². The third kappa shape index (κ3) is 3.23. The van der Waals surface area contributed by atoms with Crippen LogP contribution in [0, 0.1) is 16.7 Å². The van der Waals surface area contributed by atoms with Crippen molar-refractivity contribution in [3.05, 3.63) is 28.8 Å². The summed E-state index contributed by atoms with van der Waals surface area (Å²) in [6, 6.07) is 7.42. The lowest BCUT2D eigenvalue weighted by Gasteiger charge is -2.22. The predicted octanol–water partition coefficient (Wildman–Crippen LogP) is 3.29. The Morgan fingerprint density at radius 2 is 2.10 bits per heavy atom. The van der Waals surface area contributed by atoms with Crippen LogP contribution in [0.4, 0.5) is 0 Å². The first-order valence-electron chi connectivity index (χ1n) is 6.55. The number of nitrogens with one attached hydrogen (secondary N) is 1. The largest absolute Gasteiger partial charge is 0.496 e. The molecule has 1 N–H and O–H groups in total. The summed E-state index contributed by atoms with van der Waals surface area (Å²) >= 11 is 6.11. The summed E-state index contributed by atoms with van der Waals surface area (Å²) < 4.78 is 5.22. The van der Waals surface area contributed by atoms with Gasteiger partial charge in [-0.2, -0.15) is 5.26 Å². The number of carbonyl (C=O) groups excluding carboxylic acids is 1. The first-order chi connectivity index (χ1) is 9.54. The molecule has 0 aromatic heterocycles. The molecule has 0 unspecified atom stereocenters. The molecule has 0 aliphatic rings. The van der Waals surface area contributed by atoms with Gasteiger partial charge in [0.2, 0.25) is 5.91 Å². The molecule has 0 spiro atoms. The van der Waals surface area contributed by atoms with Crippen LogP contribution < -0.4 is 10.1 Å². The molecule has 0 fully saturated rings. The van der Waals surface area contributed by atoms with Crippen LogP contribution >= 0.6 is 11.6 Å². The molecule has 5 heteroatoms. The second-order valence-electron chi connectivity index (χ2n) is 4.50. The molecule has 0 heterocycles. The van der Waals surface area contributed by atoms with E-state index in [-0.39, 0.29) is 12.5 Å². The van der Waals surface area contributed by atoms with Crippen LogP contribution in [0.2, 0.25) is 5.02 Å². The molecule has 108 valence electrons. The van der Waals surface area contributed by atoms with Crippen molar-refractivity contribution in [2.75, 3.05) is 7.11 Å². The van der Waals surface area contributed by atoms with E-state index in [1.54, 1.807) is 25.3 Å². The summed E-state index contributed by atoms with van der Waals surface area (Å²) in [5, 5.41) is 12.5. The van der Waals surface area contributed by atoms with Crippen molar-refractivity contribution in [2.45, 2.75) is 33.2 Å². The maximum atomic E-state index is 12.2. The normalized spacial score (nSPS) is 10.8. The third-order valence-electron chi connectivity index (χ3n) is 3.58. The molecule has 0 bridgehead atoms. The number of ether oxygens (including phenoxy) is 1. The Labute approximate surface area is 124 Å². The number of amides is 1. The fraction of sp³-hybridized carbons (Fsp3) is 0.467. The fourth-order valence-corrected chi connectivity index (χ4v) is 2.25. The highest BCUT2D eigenvalue weighted by Gasteiger charge is 2.34. The first kappa shape index (κ1) is 16.3. The molecule has 0 aliphatic heterocycles. The second kappa shape index (κ2) is 7.16. The third-order valence-corrected chi connectivity index (χ3v) is 3.93. The molecule has 0 radical (unpaired) electrons. The van der Waals surface area contributed by atoms with Gasteiger partial charge in [-0.25, -0.2) is 0 Å². The Bertz CT molecular complexity index is 519. The van der Waals surface area contributed by atoms with E-state index < -0.39 is 5.41 Å². The van der Waals surface area contributed by atoms with Crippen molar-refractivity contribution in [1.82, 2.24) is 5.32 Å². The quantitative estimate of drug-likeness (QED) is 0.875. The molecule has 0 atom stereocenters. The Kier molecular flexibility index (Phi) is 5.84. The number of benzene rings is 1. The van der Waals surface area contributed by atoms with E-state index in [0.717, 1.165) is 0 Å². The van der Waals surface area contributed by atoms with Crippen LogP contribution in [0.5, 0.6) is 5.75 Å². The van der Waals surface area contributed by atoms with E-state index in [0.29, 0.717) is 29.2 Å². The van der Waals surface area contributed by atoms with E-state index in [2.05, 4.69) is 11.4 Å². The van der Waals surface area contributed by atoms with Gasteiger partial charge in [-0.1, -0.05) is 31.5 Å². The van der Waals surface area contributed by atoms with Gasteiger partial charge in [0, 0.05) is 17.1 Å². The lowest BCUT2D eigenvalue weighted by molar-refractivity contribution is -0.128. The number of hydrogen-bond donors (Lipinski definition) is 1. The van der Waals surface area contributed by atoms with E-state index in [1.807, 2.05) is 13.8 Å². The fourth-order valence-electron chi connectivity index (χ4n) is 2.02. The number of carbonyl (C=O) groups is 1. The Morgan fingerprint density at radius 3 is 2.60 bits per heavy atom. The molecule has 4 nitrogen and oxygen atoms in total. The predicted molar refractivity (Wildman–Crippen MR) is 78.5 cm³/mol. The van der Waals surface area contributed by atoms with Gasteiger partial charge in [0.15, 0.2) is 0 Å². The van der Waals surface area contributed by atoms with E-state index >= 15 is 0 Å². The van der Waals surface area contributed by atoms with Crippen molar-refractivity contribution < 1.29 is 9.53 Å². The van der Waals surface area contributed by atoms with E-state index in [9.17, 15) is 10.1 Å². The Morgan fingerprint density at radius 1 is 1.45 bits per heavy atom. The smallest absolute Gasteiger partial charge is 0.240 e. The van der Waals surface area contributed by atoms with Gasteiger partial charge in [0.25, 0.3) is 0 Å². The van der Waals surface area contributed by atoms with Crippen molar-refractivity contribution in [3.63, 3.8) is 0 Å². The summed E-state index contributed by atoms with van der Waals surface area (Å²) in [7, 11) is 1.55. The Hall–Kier alpha value is -1.73. The number of rotatable bonds is 6. The van der Waals surface area contributed by atoms with Crippen LogP contribution in [0.15, 0.2) is 18.2 Å². The highest BCUT2D eigenvalue weighted by atomic mass is 35.5. The molecule has 1 rings (SSSR count). The molecule has 0 aliphatic carbocycles. The van der Waals surface area contributed by atoms with Crippen molar-refractivity contribution in [2.24, 2.45) is 5.41 Å². The molecular weight excluding hydrogens is 276 g/mol. The lowest BCUT2D eigenvalue weighted by Crippen LogP contribution is -2.39. The van der Waals surface area contributed by atoms with Gasteiger partial charge >= 0.3 is 0 Å².